The molecule has 1 amide bonds. The number of benzene rings is 2. The minimum Gasteiger partial charge on any atom is -0.353 e. The monoisotopic (exact) mass is 390 g/mol. The van der Waals surface area contributed by atoms with Crippen molar-refractivity contribution in [2.75, 3.05) is 20.6 Å². The summed E-state index contributed by atoms with van der Waals surface area (Å²) in [5.41, 5.74) is 2.48. The fourth-order valence-electron chi connectivity index (χ4n) is 3.07. The Morgan fingerprint density at radius 1 is 1.00 bits per heavy atom. The van der Waals surface area contributed by atoms with E-state index in [1.807, 2.05) is 62.6 Å². The van der Waals surface area contributed by atoms with Crippen LogP contribution in [0.2, 0.25) is 0 Å². The Balaban J connectivity index is 1.63. The number of carbonyl (C=O) groups is 1. The molecule has 0 radical (unpaired) electrons. The van der Waals surface area contributed by atoms with Crippen molar-refractivity contribution in [3.8, 4) is 11.3 Å². The molecule has 6 nitrogen and oxygen atoms in total. The molecule has 0 saturated heterocycles. The van der Waals surface area contributed by atoms with Crippen molar-refractivity contribution in [3.05, 3.63) is 88.7 Å². The predicted molar refractivity (Wildman–Crippen MR) is 115 cm³/mol. The largest absolute Gasteiger partial charge is 0.353 e. The molecule has 2 aromatic carbocycles. The first-order valence-corrected chi connectivity index (χ1v) is 9.63. The Morgan fingerprint density at radius 2 is 1.66 bits per heavy atom. The minimum atomic E-state index is -0.298. The zero-order chi connectivity index (χ0) is 20.6. The predicted octanol–water partition coefficient (Wildman–Crippen LogP) is 2.20. The van der Waals surface area contributed by atoms with E-state index in [0.29, 0.717) is 12.2 Å². The molecular formula is C23H26N4O2. The number of rotatable bonds is 8. The second kappa shape index (κ2) is 9.80. The van der Waals surface area contributed by atoms with Gasteiger partial charge in [0.15, 0.2) is 0 Å². The maximum absolute atomic E-state index is 12.5. The van der Waals surface area contributed by atoms with Crippen LogP contribution in [0.4, 0.5) is 0 Å². The van der Waals surface area contributed by atoms with Crippen molar-refractivity contribution in [1.82, 2.24) is 20.0 Å². The van der Waals surface area contributed by atoms with Crippen molar-refractivity contribution < 1.29 is 4.79 Å². The molecule has 1 aromatic heterocycles. The maximum Gasteiger partial charge on any atom is 0.267 e. The lowest BCUT2D eigenvalue weighted by Crippen LogP contribution is -2.43. The molecule has 1 atom stereocenters. The van der Waals surface area contributed by atoms with Gasteiger partial charge in [-0.05, 0) is 32.1 Å². The van der Waals surface area contributed by atoms with Crippen LogP contribution in [0.1, 0.15) is 5.56 Å². The van der Waals surface area contributed by atoms with Gasteiger partial charge in [0.25, 0.3) is 5.56 Å². The fourth-order valence-corrected chi connectivity index (χ4v) is 3.07. The Kier molecular flexibility index (Phi) is 6.92. The van der Waals surface area contributed by atoms with Gasteiger partial charge in [0.05, 0.1) is 5.69 Å². The van der Waals surface area contributed by atoms with Gasteiger partial charge in [0.2, 0.25) is 5.91 Å². The van der Waals surface area contributed by atoms with Gasteiger partial charge in [-0.25, -0.2) is 4.68 Å². The summed E-state index contributed by atoms with van der Waals surface area (Å²) < 4.78 is 1.21. The van der Waals surface area contributed by atoms with Crippen molar-refractivity contribution in [1.29, 1.82) is 0 Å². The zero-order valence-corrected chi connectivity index (χ0v) is 16.8. The van der Waals surface area contributed by atoms with Crippen LogP contribution in [-0.4, -0.2) is 47.3 Å². The van der Waals surface area contributed by atoms with Crippen LogP contribution in [-0.2, 0) is 17.8 Å². The summed E-state index contributed by atoms with van der Waals surface area (Å²) in [4.78, 5) is 26.7. The quantitative estimate of drug-likeness (QED) is 0.640. The van der Waals surface area contributed by atoms with Crippen molar-refractivity contribution >= 4 is 5.91 Å². The lowest BCUT2D eigenvalue weighted by atomic mass is 10.1. The molecular weight excluding hydrogens is 364 g/mol. The summed E-state index contributed by atoms with van der Waals surface area (Å²) in [6.45, 7) is 0.388. The number of carbonyl (C=O) groups excluding carboxylic acids is 1. The summed E-state index contributed by atoms with van der Waals surface area (Å²) in [6.07, 6.45) is 0.829. The molecule has 6 heteroatoms. The standard InChI is InChI=1S/C23H26N4O2/c1-26(2)20(15-18-9-5-3-6-10-18)16-24-22(28)17-27-23(29)14-13-21(25-27)19-11-7-4-8-12-19/h3-14,20H,15-17H2,1-2H3,(H,24,28). The number of aromatic nitrogens is 2. The SMILES string of the molecule is CN(C)C(CNC(=O)Cn1nc(-c2ccccc2)ccc1=O)Cc1ccccc1. The number of nitrogens with zero attached hydrogens (tertiary/aromatic N) is 3. The lowest BCUT2D eigenvalue weighted by Gasteiger charge is -2.24. The number of hydrogen-bond acceptors (Lipinski definition) is 4. The number of amides is 1. The average molecular weight is 390 g/mol. The van der Waals surface area contributed by atoms with E-state index in [1.54, 1.807) is 6.07 Å². The third-order valence-electron chi connectivity index (χ3n) is 4.81. The first kappa shape index (κ1) is 20.5. The fraction of sp³-hybridized carbons (Fsp3) is 0.261. The first-order valence-electron chi connectivity index (χ1n) is 9.63. The summed E-state index contributed by atoms with van der Waals surface area (Å²) >= 11 is 0. The van der Waals surface area contributed by atoms with Gasteiger partial charge >= 0.3 is 0 Å². The van der Waals surface area contributed by atoms with Crippen molar-refractivity contribution in [2.24, 2.45) is 0 Å². The molecule has 0 aliphatic heterocycles. The van der Waals surface area contributed by atoms with Gasteiger partial charge in [-0.1, -0.05) is 60.7 Å². The minimum absolute atomic E-state index is 0.106. The first-order chi connectivity index (χ1) is 14.0. The summed E-state index contributed by atoms with van der Waals surface area (Å²) in [6, 6.07) is 23.0. The summed E-state index contributed by atoms with van der Waals surface area (Å²) in [5.74, 6) is -0.232. The summed E-state index contributed by atoms with van der Waals surface area (Å²) in [5, 5.41) is 7.28. The average Bonchev–Trinajstić information content (AvgIpc) is 2.74. The van der Waals surface area contributed by atoms with Crippen LogP contribution in [0, 0.1) is 0 Å². The molecule has 0 fully saturated rings. The van der Waals surface area contributed by atoms with Crippen LogP contribution in [0.15, 0.2) is 77.6 Å². The highest BCUT2D eigenvalue weighted by atomic mass is 16.2. The van der Waals surface area contributed by atoms with E-state index in [2.05, 4.69) is 27.4 Å². The lowest BCUT2D eigenvalue weighted by molar-refractivity contribution is -0.122. The Bertz CT molecular complexity index is 985. The molecule has 1 heterocycles. The molecule has 3 rings (SSSR count). The third kappa shape index (κ3) is 5.86. The van der Waals surface area contributed by atoms with E-state index in [-0.39, 0.29) is 24.1 Å². The molecule has 0 saturated carbocycles. The number of nitrogens with one attached hydrogen (secondary N) is 1. The molecule has 29 heavy (non-hydrogen) atoms. The highest BCUT2D eigenvalue weighted by Gasteiger charge is 2.14. The highest BCUT2D eigenvalue weighted by molar-refractivity contribution is 5.75. The zero-order valence-electron chi connectivity index (χ0n) is 16.8. The van der Waals surface area contributed by atoms with Crippen LogP contribution >= 0.6 is 0 Å². The van der Waals surface area contributed by atoms with E-state index in [0.717, 1.165) is 12.0 Å². The molecule has 0 bridgehead atoms. The smallest absolute Gasteiger partial charge is 0.267 e. The molecule has 0 spiro atoms. The number of hydrogen-bond donors (Lipinski definition) is 1. The van der Waals surface area contributed by atoms with Crippen LogP contribution in [0.5, 0.6) is 0 Å². The van der Waals surface area contributed by atoms with Gasteiger partial charge in [-0.15, -0.1) is 0 Å². The van der Waals surface area contributed by atoms with Crippen molar-refractivity contribution in [2.45, 2.75) is 19.0 Å². The van der Waals surface area contributed by atoms with Crippen LogP contribution in [0.3, 0.4) is 0 Å². The van der Waals surface area contributed by atoms with E-state index in [9.17, 15) is 9.59 Å². The van der Waals surface area contributed by atoms with Gasteiger partial charge in [-0.3, -0.25) is 9.59 Å². The van der Waals surface area contributed by atoms with Crippen LogP contribution in [0.25, 0.3) is 11.3 Å². The molecule has 1 unspecified atom stereocenters. The summed E-state index contributed by atoms with van der Waals surface area (Å²) in [7, 11) is 3.99. The van der Waals surface area contributed by atoms with Crippen LogP contribution < -0.4 is 10.9 Å². The molecule has 0 aliphatic rings. The van der Waals surface area contributed by atoms with E-state index < -0.39 is 0 Å². The number of likely N-dealkylation sites (N-methyl/N-ethyl adjacent to an activating group) is 1. The molecule has 150 valence electrons. The highest BCUT2D eigenvalue weighted by Crippen LogP contribution is 2.13. The topological polar surface area (TPSA) is 67.2 Å². The Hall–Kier alpha value is -3.25. The van der Waals surface area contributed by atoms with Crippen molar-refractivity contribution in [3.63, 3.8) is 0 Å². The molecule has 1 N–H and O–H groups in total. The maximum atomic E-state index is 12.5. The van der Waals surface area contributed by atoms with Gasteiger partial charge in [0, 0.05) is 24.2 Å². The Morgan fingerprint density at radius 3 is 2.31 bits per heavy atom. The second-order valence-electron chi connectivity index (χ2n) is 7.19. The van der Waals surface area contributed by atoms with E-state index >= 15 is 0 Å². The Labute approximate surface area is 170 Å². The molecule has 0 aliphatic carbocycles. The van der Waals surface area contributed by atoms with Gasteiger partial charge < -0.3 is 10.2 Å². The third-order valence-corrected chi connectivity index (χ3v) is 4.81. The second-order valence-corrected chi connectivity index (χ2v) is 7.19. The van der Waals surface area contributed by atoms with Gasteiger partial charge in [-0.2, -0.15) is 5.10 Å². The van der Waals surface area contributed by atoms with Gasteiger partial charge in [0.1, 0.15) is 6.54 Å². The normalized spacial score (nSPS) is 12.0. The van der Waals surface area contributed by atoms with E-state index in [1.165, 1.54) is 16.3 Å². The molecule has 3 aromatic rings. The van der Waals surface area contributed by atoms with E-state index in [4.69, 9.17) is 0 Å².